The summed E-state index contributed by atoms with van der Waals surface area (Å²) in [6, 6.07) is 35.3. The summed E-state index contributed by atoms with van der Waals surface area (Å²) in [4.78, 5) is 0. The molecule has 7 aromatic rings. The Morgan fingerprint density at radius 2 is 1.35 bits per heavy atom. The van der Waals surface area contributed by atoms with Crippen molar-refractivity contribution in [3.05, 3.63) is 103 Å². The van der Waals surface area contributed by atoms with Crippen LogP contribution < -0.4 is 5.46 Å². The van der Waals surface area contributed by atoms with E-state index in [2.05, 4.69) is 111 Å². The van der Waals surface area contributed by atoms with Crippen LogP contribution in [0, 0.1) is 6.92 Å². The highest BCUT2D eigenvalue weighted by Gasteiger charge is 2.14. The zero-order valence-electron chi connectivity index (χ0n) is 19.4. The average Bonchev–Trinajstić information content (AvgIpc) is 3.26. The van der Waals surface area contributed by atoms with E-state index in [0.717, 1.165) is 18.4 Å². The summed E-state index contributed by atoms with van der Waals surface area (Å²) in [7, 11) is 0.993. The Morgan fingerprint density at radius 3 is 2.26 bits per heavy atom. The van der Waals surface area contributed by atoms with E-state index in [1.807, 2.05) is 0 Å². The van der Waals surface area contributed by atoms with Crippen LogP contribution in [0.2, 0.25) is 6.82 Å². The van der Waals surface area contributed by atoms with Crippen molar-refractivity contribution in [2.45, 2.75) is 13.7 Å². The molecule has 0 saturated carbocycles. The first-order chi connectivity index (χ1) is 16.7. The van der Waals surface area contributed by atoms with Crippen LogP contribution in [0.3, 0.4) is 0 Å². The third-order valence-electron chi connectivity index (χ3n) is 7.47. The van der Waals surface area contributed by atoms with Gasteiger partial charge in [0.2, 0.25) is 0 Å². The molecule has 7 rings (SSSR count). The highest BCUT2D eigenvalue weighted by Crippen LogP contribution is 2.38. The van der Waals surface area contributed by atoms with Crippen LogP contribution in [-0.4, -0.2) is 7.28 Å². The Morgan fingerprint density at radius 1 is 0.588 bits per heavy atom. The smallest absolute Gasteiger partial charge is 0.155 e. The fraction of sp³-hybridized carbons (Fsp3) is 0.0625. The lowest BCUT2D eigenvalue weighted by molar-refractivity contribution is 0.669. The van der Waals surface area contributed by atoms with Gasteiger partial charge in [-0.3, -0.25) is 0 Å². The molecule has 6 aromatic carbocycles. The van der Waals surface area contributed by atoms with Crippen LogP contribution in [0.1, 0.15) is 5.56 Å². The second-order valence-electron chi connectivity index (χ2n) is 9.24. The molecule has 0 radical (unpaired) electrons. The van der Waals surface area contributed by atoms with Crippen molar-refractivity contribution >= 4 is 67.0 Å². The van der Waals surface area contributed by atoms with Crippen molar-refractivity contribution in [1.82, 2.24) is 0 Å². The van der Waals surface area contributed by atoms with Gasteiger partial charge in [-0.15, -0.1) is 0 Å². The fourth-order valence-corrected chi connectivity index (χ4v) is 5.73. The lowest BCUT2D eigenvalue weighted by Gasteiger charge is -2.13. The van der Waals surface area contributed by atoms with Gasteiger partial charge in [0, 0.05) is 10.8 Å². The van der Waals surface area contributed by atoms with Crippen LogP contribution in [0.4, 0.5) is 0 Å². The molecule has 0 atom stereocenters. The molecule has 0 saturated heterocycles. The summed E-state index contributed by atoms with van der Waals surface area (Å²) < 4.78 is 6.17. The summed E-state index contributed by atoms with van der Waals surface area (Å²) >= 11 is 0. The van der Waals surface area contributed by atoms with E-state index in [1.54, 1.807) is 0 Å². The standard InChI is InChI=1S/C32H23BO/c1-19-22(21-11-17-30-28(18-21)32-29(33-2)8-5-9-31(32)34-30)13-15-25-23(19)14-16-26-24-7-4-3-6-20(24)10-12-27(25)26/h3-18,33H,1-2H3. The molecule has 0 amide bonds. The molecular weight excluding hydrogens is 411 g/mol. The molecule has 1 aromatic heterocycles. The van der Waals surface area contributed by atoms with Gasteiger partial charge in [-0.1, -0.05) is 91.1 Å². The molecule has 0 spiro atoms. The molecule has 160 valence electrons. The minimum absolute atomic E-state index is 0.955. The van der Waals surface area contributed by atoms with Gasteiger partial charge in [0.1, 0.15) is 11.2 Å². The summed E-state index contributed by atoms with van der Waals surface area (Å²) in [5, 5.41) is 10.3. The van der Waals surface area contributed by atoms with Crippen LogP contribution in [0.5, 0.6) is 0 Å². The van der Waals surface area contributed by atoms with E-state index in [1.165, 1.54) is 65.2 Å². The largest absolute Gasteiger partial charge is 0.456 e. The maximum absolute atomic E-state index is 6.17. The van der Waals surface area contributed by atoms with E-state index < -0.39 is 0 Å². The lowest BCUT2D eigenvalue weighted by Crippen LogP contribution is -2.10. The summed E-state index contributed by atoms with van der Waals surface area (Å²) in [5.74, 6) is 0. The van der Waals surface area contributed by atoms with Gasteiger partial charge in [-0.05, 0) is 74.1 Å². The average molecular weight is 434 g/mol. The predicted octanol–water partition coefficient (Wildman–Crippen LogP) is 8.13. The maximum Gasteiger partial charge on any atom is 0.155 e. The fourth-order valence-electron chi connectivity index (χ4n) is 5.73. The zero-order valence-corrected chi connectivity index (χ0v) is 19.4. The minimum atomic E-state index is 0.955. The molecular formula is C32H23BO. The second-order valence-corrected chi connectivity index (χ2v) is 9.24. The molecule has 0 fully saturated rings. The Labute approximate surface area is 198 Å². The number of hydrogen-bond acceptors (Lipinski definition) is 1. The molecule has 0 aliphatic rings. The van der Waals surface area contributed by atoms with Gasteiger partial charge in [-0.25, -0.2) is 0 Å². The van der Waals surface area contributed by atoms with E-state index in [9.17, 15) is 0 Å². The van der Waals surface area contributed by atoms with Crippen LogP contribution in [0.15, 0.2) is 101 Å². The van der Waals surface area contributed by atoms with Crippen LogP contribution in [-0.2, 0) is 0 Å². The molecule has 0 unspecified atom stereocenters. The second kappa shape index (κ2) is 7.23. The van der Waals surface area contributed by atoms with Gasteiger partial charge in [0.05, 0.1) is 0 Å². The highest BCUT2D eigenvalue weighted by atomic mass is 16.3. The van der Waals surface area contributed by atoms with E-state index >= 15 is 0 Å². The van der Waals surface area contributed by atoms with Crippen molar-refractivity contribution in [2.24, 2.45) is 0 Å². The first-order valence-electron chi connectivity index (χ1n) is 12.0. The molecule has 1 heterocycles. The summed E-state index contributed by atoms with van der Waals surface area (Å²) in [6.45, 7) is 4.46. The van der Waals surface area contributed by atoms with Gasteiger partial charge in [0.25, 0.3) is 0 Å². The topological polar surface area (TPSA) is 13.1 Å². The minimum Gasteiger partial charge on any atom is -0.456 e. The Hall–Kier alpha value is -4.04. The molecule has 1 nitrogen and oxygen atoms in total. The van der Waals surface area contributed by atoms with Crippen LogP contribution in [0.25, 0.3) is 65.4 Å². The molecule has 0 aliphatic heterocycles. The summed E-state index contributed by atoms with van der Waals surface area (Å²) in [5.41, 5.74) is 7.09. The number of rotatable bonds is 2. The van der Waals surface area contributed by atoms with Crippen molar-refractivity contribution in [3.8, 4) is 11.1 Å². The number of benzene rings is 6. The van der Waals surface area contributed by atoms with Gasteiger partial charge < -0.3 is 4.42 Å². The van der Waals surface area contributed by atoms with E-state index in [-0.39, 0.29) is 0 Å². The van der Waals surface area contributed by atoms with Crippen LogP contribution >= 0.6 is 0 Å². The monoisotopic (exact) mass is 434 g/mol. The Kier molecular flexibility index (Phi) is 4.13. The third-order valence-corrected chi connectivity index (χ3v) is 7.47. The lowest BCUT2D eigenvalue weighted by atomic mass is 9.71. The van der Waals surface area contributed by atoms with E-state index in [4.69, 9.17) is 4.42 Å². The number of hydrogen-bond donors (Lipinski definition) is 0. The Bertz CT molecular complexity index is 1910. The number of aryl methyl sites for hydroxylation is 1. The van der Waals surface area contributed by atoms with Crippen molar-refractivity contribution in [1.29, 1.82) is 0 Å². The SMILES string of the molecule is CBc1cccc2oc3ccc(-c4ccc5c(ccc6c7ccccc7ccc56)c4C)cc3c12. The molecule has 2 heteroatoms. The van der Waals surface area contributed by atoms with Crippen molar-refractivity contribution in [3.63, 3.8) is 0 Å². The van der Waals surface area contributed by atoms with Crippen molar-refractivity contribution in [2.75, 3.05) is 0 Å². The van der Waals surface area contributed by atoms with E-state index in [0.29, 0.717) is 0 Å². The molecule has 0 N–H and O–H groups in total. The predicted molar refractivity (Wildman–Crippen MR) is 149 cm³/mol. The highest BCUT2D eigenvalue weighted by molar-refractivity contribution is 6.56. The quantitative estimate of drug-likeness (QED) is 0.198. The zero-order chi connectivity index (χ0) is 22.8. The number of fused-ring (bicyclic) bond motifs is 8. The van der Waals surface area contributed by atoms with Gasteiger partial charge >= 0.3 is 0 Å². The number of furan rings is 1. The normalized spacial score (nSPS) is 11.8. The molecule has 34 heavy (non-hydrogen) atoms. The first kappa shape index (κ1) is 19.4. The first-order valence-corrected chi connectivity index (χ1v) is 12.0. The van der Waals surface area contributed by atoms with Gasteiger partial charge in [-0.2, -0.15) is 0 Å². The summed E-state index contributed by atoms with van der Waals surface area (Å²) in [6.07, 6.45) is 0. The Balaban J connectivity index is 1.47. The van der Waals surface area contributed by atoms with Crippen molar-refractivity contribution < 1.29 is 4.42 Å². The van der Waals surface area contributed by atoms with Gasteiger partial charge in [0.15, 0.2) is 7.28 Å². The third kappa shape index (κ3) is 2.69. The maximum atomic E-state index is 6.17. The molecule has 0 bridgehead atoms. The molecule has 0 aliphatic carbocycles.